The molecule has 1 unspecified atom stereocenters. The van der Waals surface area contributed by atoms with Gasteiger partial charge in [-0.1, -0.05) is 59.3 Å². The summed E-state index contributed by atoms with van der Waals surface area (Å²) in [6.45, 7) is 1.72. The van der Waals surface area contributed by atoms with Crippen molar-refractivity contribution >= 4 is 12.0 Å². The molecule has 124 valence electrons. The lowest BCUT2D eigenvalue weighted by Gasteiger charge is -2.29. The van der Waals surface area contributed by atoms with Crippen molar-refractivity contribution in [2.75, 3.05) is 0 Å². The van der Waals surface area contributed by atoms with Crippen LogP contribution in [0, 0.1) is 6.92 Å². The number of carbonyl (C=O) groups excluding carboxylic acids is 1. The minimum Gasteiger partial charge on any atom is -0.374 e. The van der Waals surface area contributed by atoms with Crippen LogP contribution in [-0.2, 0) is 10.4 Å². The molecule has 0 spiro atoms. The number of aryl methyl sites for hydroxylation is 1. The van der Waals surface area contributed by atoms with Crippen LogP contribution in [0.4, 0.5) is 13.2 Å². The maximum Gasteiger partial charge on any atom is 0.435 e. The second-order valence-electron chi connectivity index (χ2n) is 5.74. The first-order valence-electron chi connectivity index (χ1n) is 7.30. The largest absolute Gasteiger partial charge is 0.435 e. The van der Waals surface area contributed by atoms with Gasteiger partial charge in [-0.2, -0.15) is 13.2 Å². The van der Waals surface area contributed by atoms with E-state index in [1.807, 2.05) is 0 Å². The number of rotatable bonds is 3. The minimum atomic E-state index is -4.62. The van der Waals surface area contributed by atoms with E-state index in [4.69, 9.17) is 4.84 Å². The van der Waals surface area contributed by atoms with Crippen LogP contribution in [0.5, 0.6) is 0 Å². The summed E-state index contributed by atoms with van der Waals surface area (Å²) in [5.74, 6) is 0. The average Bonchev–Trinajstić information content (AvgIpc) is 3.01. The van der Waals surface area contributed by atoms with Crippen LogP contribution in [0.25, 0.3) is 0 Å². The summed E-state index contributed by atoms with van der Waals surface area (Å²) >= 11 is 0. The van der Waals surface area contributed by atoms with E-state index < -0.39 is 18.2 Å². The molecule has 2 aromatic carbocycles. The number of oxime groups is 1. The summed E-state index contributed by atoms with van der Waals surface area (Å²) < 4.78 is 41.4. The van der Waals surface area contributed by atoms with Gasteiger partial charge in [0.25, 0.3) is 5.60 Å². The standard InChI is InChI=1S/C18H14F3NO2/c1-12-3-2-4-15(9-12)17(18(19,20)21)10-16(22-24-17)14-7-5-13(11-23)6-8-14/h2-9,11H,10H2,1H3. The third kappa shape index (κ3) is 2.68. The highest BCUT2D eigenvalue weighted by Gasteiger charge is 2.62. The number of alkyl halides is 3. The fraction of sp³-hybridized carbons (Fsp3) is 0.222. The van der Waals surface area contributed by atoms with Gasteiger partial charge in [0.05, 0.1) is 5.71 Å². The molecule has 1 aliphatic heterocycles. The summed E-state index contributed by atoms with van der Waals surface area (Å²) in [6.07, 6.45) is -4.36. The molecule has 2 aromatic rings. The second kappa shape index (κ2) is 5.78. The third-order valence-electron chi connectivity index (χ3n) is 4.05. The molecule has 0 aliphatic carbocycles. The van der Waals surface area contributed by atoms with Crippen molar-refractivity contribution in [1.29, 1.82) is 0 Å². The molecular formula is C18H14F3NO2. The highest BCUT2D eigenvalue weighted by molar-refractivity contribution is 6.02. The first-order valence-corrected chi connectivity index (χ1v) is 7.30. The van der Waals surface area contributed by atoms with E-state index in [-0.39, 0.29) is 11.3 Å². The summed E-state index contributed by atoms with van der Waals surface area (Å²) in [5, 5.41) is 3.70. The zero-order valence-electron chi connectivity index (χ0n) is 12.8. The molecule has 0 bridgehead atoms. The van der Waals surface area contributed by atoms with Crippen molar-refractivity contribution < 1.29 is 22.8 Å². The zero-order valence-corrected chi connectivity index (χ0v) is 12.8. The van der Waals surface area contributed by atoms with Crippen LogP contribution in [-0.4, -0.2) is 18.2 Å². The highest BCUT2D eigenvalue weighted by Crippen LogP contribution is 2.48. The van der Waals surface area contributed by atoms with Crippen LogP contribution in [0.2, 0.25) is 0 Å². The molecule has 0 aromatic heterocycles. The molecule has 1 atom stereocenters. The Hall–Kier alpha value is -2.63. The lowest BCUT2D eigenvalue weighted by Crippen LogP contribution is -2.42. The Kier molecular flexibility index (Phi) is 3.91. The number of hydrogen-bond donors (Lipinski definition) is 0. The van der Waals surface area contributed by atoms with E-state index in [1.54, 1.807) is 31.2 Å². The number of hydrogen-bond acceptors (Lipinski definition) is 3. The van der Waals surface area contributed by atoms with Gasteiger partial charge in [-0.05, 0) is 12.5 Å². The van der Waals surface area contributed by atoms with E-state index in [0.717, 1.165) is 0 Å². The van der Waals surface area contributed by atoms with Gasteiger partial charge in [0.2, 0.25) is 0 Å². The zero-order chi connectivity index (χ0) is 17.4. The van der Waals surface area contributed by atoms with E-state index in [1.165, 1.54) is 24.3 Å². The lowest BCUT2D eigenvalue weighted by molar-refractivity contribution is -0.275. The molecule has 3 nitrogen and oxygen atoms in total. The van der Waals surface area contributed by atoms with Crippen molar-refractivity contribution in [2.24, 2.45) is 5.16 Å². The van der Waals surface area contributed by atoms with Crippen LogP contribution in [0.3, 0.4) is 0 Å². The van der Waals surface area contributed by atoms with Gasteiger partial charge < -0.3 is 4.84 Å². The van der Waals surface area contributed by atoms with Crippen LogP contribution < -0.4 is 0 Å². The van der Waals surface area contributed by atoms with Gasteiger partial charge in [0, 0.05) is 17.5 Å². The second-order valence-corrected chi connectivity index (χ2v) is 5.74. The predicted octanol–water partition coefficient (Wildman–Crippen LogP) is 4.39. The molecule has 24 heavy (non-hydrogen) atoms. The van der Waals surface area contributed by atoms with Crippen LogP contribution in [0.15, 0.2) is 53.7 Å². The highest BCUT2D eigenvalue weighted by atomic mass is 19.4. The number of halogens is 3. The van der Waals surface area contributed by atoms with E-state index in [9.17, 15) is 18.0 Å². The van der Waals surface area contributed by atoms with E-state index >= 15 is 0 Å². The first-order chi connectivity index (χ1) is 11.4. The molecule has 0 N–H and O–H groups in total. The van der Waals surface area contributed by atoms with Crippen molar-refractivity contribution in [2.45, 2.75) is 25.1 Å². The molecule has 1 heterocycles. The van der Waals surface area contributed by atoms with E-state index in [2.05, 4.69) is 5.16 Å². The van der Waals surface area contributed by atoms with Crippen molar-refractivity contribution in [3.8, 4) is 0 Å². The Morgan fingerprint density at radius 2 is 1.88 bits per heavy atom. The molecule has 0 saturated carbocycles. The molecule has 0 saturated heterocycles. The third-order valence-corrected chi connectivity index (χ3v) is 4.05. The fourth-order valence-electron chi connectivity index (χ4n) is 2.71. The van der Waals surface area contributed by atoms with Crippen molar-refractivity contribution in [1.82, 2.24) is 0 Å². The van der Waals surface area contributed by atoms with Gasteiger partial charge >= 0.3 is 6.18 Å². The molecule has 3 rings (SSSR count). The summed E-state index contributed by atoms with van der Waals surface area (Å²) in [5.41, 5.74) is -0.607. The van der Waals surface area contributed by atoms with Crippen molar-refractivity contribution in [3.05, 3.63) is 70.8 Å². The molecule has 0 fully saturated rings. The molecule has 0 radical (unpaired) electrons. The average molecular weight is 333 g/mol. The fourth-order valence-corrected chi connectivity index (χ4v) is 2.71. The molecule has 0 amide bonds. The Labute approximate surface area is 136 Å². The maximum atomic E-state index is 13.8. The minimum absolute atomic E-state index is 0.0262. The lowest BCUT2D eigenvalue weighted by atomic mass is 9.86. The Balaban J connectivity index is 1.98. The Morgan fingerprint density at radius 3 is 2.46 bits per heavy atom. The quantitative estimate of drug-likeness (QED) is 0.782. The first kappa shape index (κ1) is 16.2. The Bertz CT molecular complexity index is 797. The summed E-state index contributed by atoms with van der Waals surface area (Å²) in [4.78, 5) is 15.6. The van der Waals surface area contributed by atoms with Gasteiger partial charge in [-0.25, -0.2) is 0 Å². The molecule has 1 aliphatic rings. The van der Waals surface area contributed by atoms with Gasteiger partial charge in [-0.3, -0.25) is 4.79 Å². The topological polar surface area (TPSA) is 38.7 Å². The predicted molar refractivity (Wildman–Crippen MR) is 83.0 cm³/mol. The van der Waals surface area contributed by atoms with Gasteiger partial charge in [0.1, 0.15) is 6.29 Å². The summed E-state index contributed by atoms with van der Waals surface area (Å²) in [6, 6.07) is 12.3. The number of nitrogens with zero attached hydrogens (tertiary/aromatic N) is 1. The normalized spacial score (nSPS) is 20.4. The van der Waals surface area contributed by atoms with Crippen LogP contribution in [0.1, 0.15) is 33.5 Å². The maximum absolute atomic E-state index is 13.8. The SMILES string of the molecule is Cc1cccc(C2(C(F)(F)F)CC(c3ccc(C=O)cc3)=NO2)c1. The molecular weight excluding hydrogens is 319 g/mol. The number of benzene rings is 2. The number of aldehydes is 1. The van der Waals surface area contributed by atoms with Crippen LogP contribution >= 0.6 is 0 Å². The van der Waals surface area contributed by atoms with E-state index in [0.29, 0.717) is 23.0 Å². The van der Waals surface area contributed by atoms with Crippen molar-refractivity contribution in [3.63, 3.8) is 0 Å². The Morgan fingerprint density at radius 1 is 1.17 bits per heavy atom. The van der Waals surface area contributed by atoms with Gasteiger partial charge in [-0.15, -0.1) is 0 Å². The summed E-state index contributed by atoms with van der Waals surface area (Å²) in [7, 11) is 0. The molecule has 6 heteroatoms. The number of carbonyl (C=O) groups is 1. The monoisotopic (exact) mass is 333 g/mol. The van der Waals surface area contributed by atoms with Gasteiger partial charge in [0.15, 0.2) is 0 Å². The smallest absolute Gasteiger partial charge is 0.374 e.